The topological polar surface area (TPSA) is 76.5 Å². The minimum atomic E-state index is 0.246. The molecule has 136 valence electrons. The normalized spacial score (nSPS) is 19.3. The Morgan fingerprint density at radius 2 is 2.31 bits per heavy atom. The van der Waals surface area contributed by atoms with Gasteiger partial charge in [0.2, 0.25) is 0 Å². The molecule has 2 aromatic rings. The van der Waals surface area contributed by atoms with Crippen LogP contribution in [0.15, 0.2) is 43.3 Å². The molecule has 1 atom stereocenters. The fourth-order valence-electron chi connectivity index (χ4n) is 3.52. The monoisotopic (exact) mass is 351 g/mol. The highest BCUT2D eigenvalue weighted by molar-refractivity contribution is 5.87. The van der Waals surface area contributed by atoms with Gasteiger partial charge in [-0.1, -0.05) is 37.3 Å². The van der Waals surface area contributed by atoms with Gasteiger partial charge in [-0.15, -0.1) is 0 Å². The first-order valence-electron chi connectivity index (χ1n) is 8.93. The Bertz CT molecular complexity index is 864. The van der Waals surface area contributed by atoms with Crippen molar-refractivity contribution >= 4 is 23.2 Å². The second kappa shape index (κ2) is 8.10. The molecule has 0 aliphatic carbocycles. The van der Waals surface area contributed by atoms with Gasteiger partial charge in [-0.25, -0.2) is 9.97 Å². The van der Waals surface area contributed by atoms with Gasteiger partial charge in [-0.05, 0) is 26.4 Å². The zero-order chi connectivity index (χ0) is 18.5. The van der Waals surface area contributed by atoms with Crippen molar-refractivity contribution in [3.05, 3.63) is 54.8 Å². The molecule has 0 saturated carbocycles. The standard InChI is InChI=1S/C20H25N5O/c1-3-8-15(9-5-7-14-26)17-18-19(21)22-11-13-25(18)20(23-17)16-10-4-6-12-24(16)2/h3,5,8-9,11,13-14,16H,1,4,6-7,10,12H2,2H3,(H2,21,22)/b9-5-,15-8+/t16-/m0/s1. The van der Waals surface area contributed by atoms with Crippen LogP contribution in [-0.4, -0.2) is 39.1 Å². The average molecular weight is 351 g/mol. The number of piperidine rings is 1. The van der Waals surface area contributed by atoms with Crippen molar-refractivity contribution in [2.45, 2.75) is 31.7 Å². The molecule has 0 aromatic carbocycles. The number of likely N-dealkylation sites (tertiary alicyclic amines) is 1. The number of fused-ring (bicyclic) bond motifs is 1. The third-order valence-corrected chi connectivity index (χ3v) is 4.78. The predicted octanol–water partition coefficient (Wildman–Crippen LogP) is 3.18. The molecule has 0 spiro atoms. The van der Waals surface area contributed by atoms with Gasteiger partial charge in [-0.3, -0.25) is 9.30 Å². The zero-order valence-corrected chi connectivity index (χ0v) is 15.1. The van der Waals surface area contributed by atoms with E-state index in [0.717, 1.165) is 41.9 Å². The lowest BCUT2D eigenvalue weighted by molar-refractivity contribution is -0.107. The van der Waals surface area contributed by atoms with Gasteiger partial charge in [-0.2, -0.15) is 0 Å². The maximum atomic E-state index is 10.6. The minimum absolute atomic E-state index is 0.246. The van der Waals surface area contributed by atoms with E-state index in [2.05, 4.69) is 27.9 Å². The number of aldehydes is 1. The molecule has 0 bridgehead atoms. The van der Waals surface area contributed by atoms with E-state index in [1.54, 1.807) is 12.3 Å². The molecular formula is C20H25N5O. The number of nitrogen functional groups attached to an aromatic ring is 1. The van der Waals surface area contributed by atoms with Crippen LogP contribution in [0.2, 0.25) is 0 Å². The lowest BCUT2D eigenvalue weighted by Gasteiger charge is -2.31. The predicted molar refractivity (Wildman–Crippen MR) is 105 cm³/mol. The number of carbonyl (C=O) groups excluding carboxylic acids is 1. The van der Waals surface area contributed by atoms with E-state index < -0.39 is 0 Å². The summed E-state index contributed by atoms with van der Waals surface area (Å²) in [6.07, 6.45) is 15.6. The van der Waals surface area contributed by atoms with E-state index in [0.29, 0.717) is 12.2 Å². The number of carbonyl (C=O) groups is 1. The Hall–Kier alpha value is -2.73. The van der Waals surface area contributed by atoms with Gasteiger partial charge < -0.3 is 10.5 Å². The van der Waals surface area contributed by atoms with Crippen molar-refractivity contribution in [3.63, 3.8) is 0 Å². The molecule has 0 unspecified atom stereocenters. The van der Waals surface area contributed by atoms with E-state index >= 15 is 0 Å². The van der Waals surface area contributed by atoms with Crippen LogP contribution in [0.1, 0.15) is 43.2 Å². The number of anilines is 1. The van der Waals surface area contributed by atoms with E-state index in [4.69, 9.17) is 10.7 Å². The highest BCUT2D eigenvalue weighted by Gasteiger charge is 2.27. The van der Waals surface area contributed by atoms with Crippen LogP contribution >= 0.6 is 0 Å². The smallest absolute Gasteiger partial charge is 0.150 e. The number of nitrogens with zero attached hydrogens (tertiary/aromatic N) is 4. The fourth-order valence-corrected chi connectivity index (χ4v) is 3.52. The molecule has 1 saturated heterocycles. The van der Waals surface area contributed by atoms with Gasteiger partial charge in [0.05, 0.1) is 6.04 Å². The van der Waals surface area contributed by atoms with Gasteiger partial charge in [0.15, 0.2) is 0 Å². The van der Waals surface area contributed by atoms with Crippen molar-refractivity contribution in [1.82, 2.24) is 19.3 Å². The minimum Gasteiger partial charge on any atom is -0.382 e. The summed E-state index contributed by atoms with van der Waals surface area (Å²) < 4.78 is 2.05. The second-order valence-corrected chi connectivity index (χ2v) is 6.50. The first-order chi connectivity index (χ1) is 12.7. The highest BCUT2D eigenvalue weighted by atomic mass is 16.1. The molecule has 2 N–H and O–H groups in total. The first-order valence-corrected chi connectivity index (χ1v) is 8.93. The summed E-state index contributed by atoms with van der Waals surface area (Å²) in [4.78, 5) is 22.2. The number of aromatic nitrogens is 3. The molecule has 1 fully saturated rings. The lowest BCUT2D eigenvalue weighted by Crippen LogP contribution is -2.30. The summed E-state index contributed by atoms with van der Waals surface area (Å²) in [6.45, 7) is 4.86. The highest BCUT2D eigenvalue weighted by Crippen LogP contribution is 2.33. The Kier molecular flexibility index (Phi) is 5.63. The molecular weight excluding hydrogens is 326 g/mol. The molecule has 3 heterocycles. The largest absolute Gasteiger partial charge is 0.382 e. The van der Waals surface area contributed by atoms with Crippen LogP contribution in [0.5, 0.6) is 0 Å². The summed E-state index contributed by atoms with van der Waals surface area (Å²) in [5.41, 5.74) is 8.64. The van der Waals surface area contributed by atoms with Crippen LogP contribution in [0.4, 0.5) is 5.82 Å². The molecule has 6 nitrogen and oxygen atoms in total. The second-order valence-electron chi connectivity index (χ2n) is 6.50. The number of nitrogens with two attached hydrogens (primary N) is 1. The quantitative estimate of drug-likeness (QED) is 0.639. The van der Waals surface area contributed by atoms with Crippen molar-refractivity contribution in [3.8, 4) is 0 Å². The number of allylic oxidation sites excluding steroid dienone is 5. The van der Waals surface area contributed by atoms with E-state index in [9.17, 15) is 4.79 Å². The number of hydrogen-bond acceptors (Lipinski definition) is 5. The van der Waals surface area contributed by atoms with Crippen LogP contribution in [0, 0.1) is 0 Å². The van der Waals surface area contributed by atoms with Crippen LogP contribution < -0.4 is 5.73 Å². The van der Waals surface area contributed by atoms with Crippen LogP contribution in [-0.2, 0) is 4.79 Å². The average Bonchev–Trinajstić information content (AvgIpc) is 3.02. The molecule has 3 rings (SSSR count). The molecule has 0 radical (unpaired) electrons. The third-order valence-electron chi connectivity index (χ3n) is 4.78. The Morgan fingerprint density at radius 1 is 1.46 bits per heavy atom. The van der Waals surface area contributed by atoms with Crippen molar-refractivity contribution in [2.24, 2.45) is 0 Å². The summed E-state index contributed by atoms with van der Waals surface area (Å²) in [5.74, 6) is 1.42. The number of rotatable bonds is 6. The zero-order valence-electron chi connectivity index (χ0n) is 15.1. The summed E-state index contributed by atoms with van der Waals surface area (Å²) in [6, 6.07) is 0.246. The Morgan fingerprint density at radius 3 is 3.04 bits per heavy atom. The third kappa shape index (κ3) is 3.46. The lowest BCUT2D eigenvalue weighted by atomic mass is 10.0. The van der Waals surface area contributed by atoms with E-state index in [1.165, 1.54) is 12.8 Å². The first kappa shape index (κ1) is 18.1. The van der Waals surface area contributed by atoms with Crippen LogP contribution in [0.25, 0.3) is 11.1 Å². The van der Waals surface area contributed by atoms with Gasteiger partial charge in [0.25, 0.3) is 0 Å². The maximum Gasteiger partial charge on any atom is 0.150 e. The molecule has 0 amide bonds. The number of imidazole rings is 1. The number of hydrogen-bond donors (Lipinski definition) is 1. The van der Waals surface area contributed by atoms with Crippen molar-refractivity contribution in [2.75, 3.05) is 19.3 Å². The van der Waals surface area contributed by atoms with Gasteiger partial charge in [0, 0.05) is 24.4 Å². The fraction of sp³-hybridized carbons (Fsp3) is 0.350. The summed E-state index contributed by atoms with van der Waals surface area (Å²) in [7, 11) is 2.14. The summed E-state index contributed by atoms with van der Waals surface area (Å²) in [5, 5.41) is 0. The maximum absolute atomic E-state index is 10.6. The SMILES string of the molecule is C=C/C=C(\C=C/CC=O)c1nc([C@@H]2CCCCN2C)n2ccnc(N)c12. The molecule has 1 aliphatic heterocycles. The van der Waals surface area contributed by atoms with Crippen molar-refractivity contribution in [1.29, 1.82) is 0 Å². The van der Waals surface area contributed by atoms with Gasteiger partial charge >= 0.3 is 0 Å². The van der Waals surface area contributed by atoms with E-state index in [-0.39, 0.29) is 6.04 Å². The van der Waals surface area contributed by atoms with Gasteiger partial charge in [0.1, 0.15) is 29.1 Å². The van der Waals surface area contributed by atoms with E-state index in [1.807, 2.05) is 24.4 Å². The molecule has 6 heteroatoms. The van der Waals surface area contributed by atoms with Crippen molar-refractivity contribution < 1.29 is 4.79 Å². The summed E-state index contributed by atoms with van der Waals surface area (Å²) >= 11 is 0. The molecule has 1 aliphatic rings. The molecule has 26 heavy (non-hydrogen) atoms. The van der Waals surface area contributed by atoms with Crippen LogP contribution in [0.3, 0.4) is 0 Å². The Balaban J connectivity index is 2.17. The Labute approximate surface area is 153 Å². The molecule has 2 aromatic heterocycles.